The van der Waals surface area contributed by atoms with Crippen molar-refractivity contribution in [1.29, 1.82) is 0 Å². The molecule has 0 fully saturated rings. The molecule has 0 aliphatic carbocycles. The van der Waals surface area contributed by atoms with Crippen molar-refractivity contribution in [2.45, 2.75) is 92.8 Å². The van der Waals surface area contributed by atoms with Crippen molar-refractivity contribution in [3.8, 4) is 0 Å². The molecule has 2 atom stereocenters. The second-order valence-electron chi connectivity index (χ2n) is 11.3. The number of hydrogen-bond donors (Lipinski definition) is 2. The molecule has 2 N–H and O–H groups in total. The fourth-order valence-electron chi connectivity index (χ4n) is 4.37. The van der Waals surface area contributed by atoms with E-state index in [0.29, 0.717) is 13.0 Å². The van der Waals surface area contributed by atoms with Gasteiger partial charge in [0.25, 0.3) is 5.91 Å². The number of alkyl carbamates (subject to hydrolysis) is 1. The predicted octanol–water partition coefficient (Wildman–Crippen LogP) is 6.47. The lowest BCUT2D eigenvalue weighted by Crippen LogP contribution is -2.54. The van der Waals surface area contributed by atoms with E-state index in [0.717, 1.165) is 34.4 Å². The van der Waals surface area contributed by atoms with Crippen molar-refractivity contribution in [1.82, 2.24) is 10.2 Å². The Bertz CT molecular complexity index is 1100. The van der Waals surface area contributed by atoms with Crippen LogP contribution in [0.3, 0.4) is 0 Å². The monoisotopic (exact) mass is 523 g/mol. The van der Waals surface area contributed by atoms with Crippen LogP contribution < -0.4 is 10.6 Å². The van der Waals surface area contributed by atoms with Crippen molar-refractivity contribution >= 4 is 23.6 Å². The van der Waals surface area contributed by atoms with Gasteiger partial charge in [0.15, 0.2) is 0 Å². The van der Waals surface area contributed by atoms with Gasteiger partial charge in [0.2, 0.25) is 5.91 Å². The lowest BCUT2D eigenvalue weighted by Gasteiger charge is -2.36. The third kappa shape index (κ3) is 8.33. The number of aryl methyl sites for hydroxylation is 3. The summed E-state index contributed by atoms with van der Waals surface area (Å²) < 4.78 is 5.45. The number of carbonyl (C=O) groups excluding carboxylic acids is 3. The molecule has 208 valence electrons. The van der Waals surface area contributed by atoms with Crippen LogP contribution in [-0.4, -0.2) is 41.0 Å². The minimum atomic E-state index is -0.879. The molecule has 7 heteroatoms. The van der Waals surface area contributed by atoms with Gasteiger partial charge in [0, 0.05) is 12.2 Å². The highest BCUT2D eigenvalue weighted by atomic mass is 16.6. The molecule has 0 radical (unpaired) electrons. The van der Waals surface area contributed by atoms with E-state index in [9.17, 15) is 14.4 Å². The quantitative estimate of drug-likeness (QED) is 0.374. The van der Waals surface area contributed by atoms with E-state index in [2.05, 4.69) is 10.6 Å². The normalized spacial score (nSPS) is 13.0. The first kappa shape index (κ1) is 30.9. The Balaban J connectivity index is 2.57. The van der Waals surface area contributed by atoms with Gasteiger partial charge in [-0.25, -0.2) is 4.79 Å². The molecule has 0 heterocycles. The average molecular weight is 524 g/mol. The standard InChI is InChI=1S/C31H45N3O4/c1-10-11-19-34(29(36)25(20(2)3)33-30(37)38-31(7,8)9)27(24-18-13-12-15-21(24)4)28(35)32-26-22(5)16-14-17-23(26)6/h12-18,20,25,27H,10-11,19H2,1-9H3,(H,32,35)(H,33,37). The fourth-order valence-corrected chi connectivity index (χ4v) is 4.37. The Morgan fingerprint density at radius 1 is 0.921 bits per heavy atom. The van der Waals surface area contributed by atoms with Crippen LogP contribution >= 0.6 is 0 Å². The van der Waals surface area contributed by atoms with Gasteiger partial charge in [-0.2, -0.15) is 0 Å². The lowest BCUT2D eigenvalue weighted by atomic mass is 9.95. The Morgan fingerprint density at radius 3 is 2.03 bits per heavy atom. The smallest absolute Gasteiger partial charge is 0.408 e. The van der Waals surface area contributed by atoms with E-state index in [1.54, 1.807) is 25.7 Å². The molecule has 38 heavy (non-hydrogen) atoms. The molecule has 2 rings (SSSR count). The first-order valence-corrected chi connectivity index (χ1v) is 13.5. The Hall–Kier alpha value is -3.35. The predicted molar refractivity (Wildman–Crippen MR) is 153 cm³/mol. The summed E-state index contributed by atoms with van der Waals surface area (Å²) in [6, 6.07) is 11.7. The van der Waals surface area contributed by atoms with Crippen LogP contribution in [0.5, 0.6) is 0 Å². The van der Waals surface area contributed by atoms with Gasteiger partial charge in [-0.15, -0.1) is 0 Å². The summed E-state index contributed by atoms with van der Waals surface area (Å²) in [7, 11) is 0. The van der Waals surface area contributed by atoms with Crippen molar-refractivity contribution in [2.24, 2.45) is 5.92 Å². The maximum Gasteiger partial charge on any atom is 0.408 e. The van der Waals surface area contributed by atoms with Gasteiger partial charge >= 0.3 is 6.09 Å². The molecule has 3 amide bonds. The number of rotatable bonds is 10. The highest BCUT2D eigenvalue weighted by Gasteiger charge is 2.38. The van der Waals surface area contributed by atoms with Crippen LogP contribution in [0.25, 0.3) is 0 Å². The topological polar surface area (TPSA) is 87.7 Å². The molecule has 7 nitrogen and oxygen atoms in total. The van der Waals surface area contributed by atoms with Gasteiger partial charge in [0.05, 0.1) is 0 Å². The van der Waals surface area contributed by atoms with Crippen LogP contribution in [0, 0.1) is 26.7 Å². The third-order valence-corrected chi connectivity index (χ3v) is 6.41. The average Bonchev–Trinajstić information content (AvgIpc) is 2.81. The molecule has 2 aromatic rings. The Labute approximate surface area is 228 Å². The van der Waals surface area contributed by atoms with Crippen LogP contribution in [0.2, 0.25) is 0 Å². The highest BCUT2D eigenvalue weighted by Crippen LogP contribution is 2.29. The number of benzene rings is 2. The molecule has 2 unspecified atom stereocenters. The molecule has 0 saturated heterocycles. The molecule has 2 aromatic carbocycles. The maximum absolute atomic E-state index is 14.2. The summed E-state index contributed by atoms with van der Waals surface area (Å²) in [6.07, 6.45) is 0.892. The van der Waals surface area contributed by atoms with Gasteiger partial charge in [0.1, 0.15) is 17.7 Å². The molecular formula is C31H45N3O4. The summed E-state index contributed by atoms with van der Waals surface area (Å²) in [4.78, 5) is 42.5. The zero-order valence-electron chi connectivity index (χ0n) is 24.5. The number of hydrogen-bond acceptors (Lipinski definition) is 4. The summed E-state index contributed by atoms with van der Waals surface area (Å²) in [5.41, 5.74) is 3.59. The minimum Gasteiger partial charge on any atom is -0.444 e. The van der Waals surface area contributed by atoms with E-state index < -0.39 is 23.8 Å². The summed E-state index contributed by atoms with van der Waals surface area (Å²) in [5.74, 6) is -0.830. The molecular weight excluding hydrogens is 478 g/mol. The largest absolute Gasteiger partial charge is 0.444 e. The van der Waals surface area contributed by atoms with Crippen molar-refractivity contribution in [3.05, 3.63) is 64.7 Å². The molecule has 0 spiro atoms. The molecule has 0 aliphatic rings. The molecule has 0 aromatic heterocycles. The van der Waals surface area contributed by atoms with Crippen LogP contribution in [0.4, 0.5) is 10.5 Å². The lowest BCUT2D eigenvalue weighted by molar-refractivity contribution is -0.141. The van der Waals surface area contributed by atoms with Crippen LogP contribution in [-0.2, 0) is 14.3 Å². The summed E-state index contributed by atoms with van der Waals surface area (Å²) >= 11 is 0. The molecule has 0 bridgehead atoms. The Morgan fingerprint density at radius 2 is 1.50 bits per heavy atom. The van der Waals surface area contributed by atoms with E-state index in [1.165, 1.54) is 0 Å². The maximum atomic E-state index is 14.2. The number of anilines is 1. The van der Waals surface area contributed by atoms with E-state index in [1.807, 2.05) is 84.0 Å². The number of carbonyl (C=O) groups is 3. The van der Waals surface area contributed by atoms with Gasteiger partial charge in [-0.1, -0.05) is 69.7 Å². The van der Waals surface area contributed by atoms with Gasteiger partial charge in [-0.05, 0) is 76.1 Å². The van der Waals surface area contributed by atoms with Gasteiger partial charge in [-0.3, -0.25) is 9.59 Å². The van der Waals surface area contributed by atoms with E-state index in [4.69, 9.17) is 4.74 Å². The number of nitrogens with one attached hydrogen (secondary N) is 2. The molecule has 0 saturated carbocycles. The van der Waals surface area contributed by atoms with Crippen LogP contribution in [0.15, 0.2) is 42.5 Å². The highest BCUT2D eigenvalue weighted by molar-refractivity contribution is 6.00. The number of unbranched alkanes of at least 4 members (excludes halogenated alkanes) is 1. The minimum absolute atomic E-state index is 0.224. The number of para-hydroxylation sites is 1. The zero-order chi connectivity index (χ0) is 28.6. The first-order chi connectivity index (χ1) is 17.8. The third-order valence-electron chi connectivity index (χ3n) is 6.41. The van der Waals surface area contributed by atoms with E-state index >= 15 is 0 Å². The fraction of sp³-hybridized carbons (Fsp3) is 0.516. The van der Waals surface area contributed by atoms with Crippen LogP contribution in [0.1, 0.15) is 82.7 Å². The van der Waals surface area contributed by atoms with Crippen molar-refractivity contribution < 1.29 is 19.1 Å². The second kappa shape index (κ2) is 13.4. The summed E-state index contributed by atoms with van der Waals surface area (Å²) in [5, 5.41) is 5.88. The second-order valence-corrected chi connectivity index (χ2v) is 11.3. The van der Waals surface area contributed by atoms with Crippen molar-refractivity contribution in [3.63, 3.8) is 0 Å². The van der Waals surface area contributed by atoms with E-state index in [-0.39, 0.29) is 17.7 Å². The summed E-state index contributed by atoms with van der Waals surface area (Å²) in [6.45, 7) is 17.3. The zero-order valence-corrected chi connectivity index (χ0v) is 24.5. The number of nitrogens with zero attached hydrogens (tertiary/aromatic N) is 1. The number of amides is 3. The number of ether oxygens (including phenoxy) is 1. The Kier molecular flexibility index (Phi) is 10.9. The van der Waals surface area contributed by atoms with Crippen molar-refractivity contribution in [2.75, 3.05) is 11.9 Å². The molecule has 0 aliphatic heterocycles. The van der Waals surface area contributed by atoms with Gasteiger partial charge < -0.3 is 20.3 Å². The SMILES string of the molecule is CCCCN(C(=O)C(NC(=O)OC(C)(C)C)C(C)C)C(C(=O)Nc1c(C)cccc1C)c1ccccc1C. The first-order valence-electron chi connectivity index (χ1n) is 13.5.